The van der Waals surface area contributed by atoms with Crippen molar-refractivity contribution in [2.75, 3.05) is 38.1 Å². The summed E-state index contributed by atoms with van der Waals surface area (Å²) < 4.78 is 60.2. The molecule has 0 radical (unpaired) electrons. The molecule has 2 aromatic rings. The van der Waals surface area contributed by atoms with Crippen LogP contribution in [0.1, 0.15) is 47.2 Å². The minimum Gasteiger partial charge on any atom is -0.492 e. The van der Waals surface area contributed by atoms with Gasteiger partial charge in [-0.25, -0.2) is 17.6 Å². The first kappa shape index (κ1) is 24.0. The summed E-state index contributed by atoms with van der Waals surface area (Å²) in [5, 5.41) is 0. The number of rotatable bonds is 8. The Bertz CT molecular complexity index is 1250. The van der Waals surface area contributed by atoms with Gasteiger partial charge in [-0.05, 0) is 55.1 Å². The van der Waals surface area contributed by atoms with Gasteiger partial charge in [-0.15, -0.1) is 0 Å². The lowest BCUT2D eigenvalue weighted by atomic mass is 10.0. The molecule has 5 rings (SSSR count). The third-order valence-electron chi connectivity index (χ3n) is 7.05. The highest BCUT2D eigenvalue weighted by Gasteiger charge is 2.45. The summed E-state index contributed by atoms with van der Waals surface area (Å²) in [5.74, 6) is -0.141. The second-order valence-corrected chi connectivity index (χ2v) is 10.9. The van der Waals surface area contributed by atoms with Crippen molar-refractivity contribution in [2.45, 2.75) is 43.3 Å². The van der Waals surface area contributed by atoms with Crippen LogP contribution in [0.5, 0.6) is 5.75 Å². The van der Waals surface area contributed by atoms with Gasteiger partial charge in [0.1, 0.15) is 17.1 Å². The van der Waals surface area contributed by atoms with E-state index in [-0.39, 0.29) is 34.4 Å². The first-order valence-electron chi connectivity index (χ1n) is 11.8. The summed E-state index contributed by atoms with van der Waals surface area (Å²) in [6, 6.07) is 6.83. The summed E-state index contributed by atoms with van der Waals surface area (Å²) >= 11 is 0. The highest BCUT2D eigenvalue weighted by molar-refractivity contribution is 7.92. The van der Waals surface area contributed by atoms with Gasteiger partial charge in [0.25, 0.3) is 10.0 Å². The quantitative estimate of drug-likeness (QED) is 0.550. The molecule has 0 spiro atoms. The van der Waals surface area contributed by atoms with Crippen LogP contribution in [0.4, 0.5) is 10.1 Å². The Morgan fingerprint density at radius 1 is 1.29 bits per heavy atom. The van der Waals surface area contributed by atoms with Gasteiger partial charge < -0.3 is 19.1 Å². The zero-order valence-electron chi connectivity index (χ0n) is 19.8. The summed E-state index contributed by atoms with van der Waals surface area (Å²) in [6.07, 6.45) is 1.77. The number of hydrogen-bond donors (Lipinski definition) is 1. The van der Waals surface area contributed by atoms with Crippen molar-refractivity contribution in [1.29, 1.82) is 0 Å². The van der Waals surface area contributed by atoms with Crippen LogP contribution in [-0.2, 0) is 26.1 Å². The van der Waals surface area contributed by atoms with Gasteiger partial charge in [-0.2, -0.15) is 0 Å². The number of methoxy groups -OCH3 is 1. The predicted octanol–water partition coefficient (Wildman–Crippen LogP) is 3.52. The maximum Gasteiger partial charge on any atom is 0.343 e. The predicted molar refractivity (Wildman–Crippen MR) is 127 cm³/mol. The standard InChI is InChI=1S/C25H29FN2O6S/c1-3-28-9-8-18(12-28)33-14-16-10-17(26)4-7-22(16)35(30,31)27-21-6-5-19-20-11-15(20)13-34-24(19)23(21)25(29)32-2/h4-7,10,15,18,20,27H,3,8-9,11-14H2,1-2H3/t15-,18?,20?/m0/s1. The van der Waals surface area contributed by atoms with Crippen LogP contribution in [0.2, 0.25) is 0 Å². The van der Waals surface area contributed by atoms with E-state index in [0.29, 0.717) is 24.2 Å². The van der Waals surface area contributed by atoms with Crippen LogP contribution in [0.15, 0.2) is 35.2 Å². The average molecular weight is 505 g/mol. The molecule has 2 unspecified atom stereocenters. The van der Waals surface area contributed by atoms with Crippen LogP contribution in [0, 0.1) is 11.7 Å². The second kappa shape index (κ2) is 9.40. The fraction of sp³-hybridized carbons (Fsp3) is 0.480. The molecule has 188 valence electrons. The third-order valence-corrected chi connectivity index (χ3v) is 8.51. The van der Waals surface area contributed by atoms with Crippen LogP contribution < -0.4 is 9.46 Å². The van der Waals surface area contributed by atoms with Gasteiger partial charge in [0, 0.05) is 24.6 Å². The van der Waals surface area contributed by atoms with Crippen LogP contribution >= 0.6 is 0 Å². The molecule has 0 aromatic heterocycles. The fourth-order valence-corrected chi connectivity index (χ4v) is 6.27. The largest absolute Gasteiger partial charge is 0.492 e. The van der Waals surface area contributed by atoms with Crippen molar-refractivity contribution < 1.29 is 31.8 Å². The lowest BCUT2D eigenvalue weighted by molar-refractivity contribution is 0.0457. The van der Waals surface area contributed by atoms with E-state index in [1.807, 2.05) is 0 Å². The maximum absolute atomic E-state index is 14.1. The van der Waals surface area contributed by atoms with Crippen molar-refractivity contribution >= 4 is 21.7 Å². The van der Waals surface area contributed by atoms with E-state index < -0.39 is 21.8 Å². The van der Waals surface area contributed by atoms with E-state index in [1.165, 1.54) is 19.2 Å². The number of carbonyl (C=O) groups is 1. The molecular weight excluding hydrogens is 475 g/mol. The molecule has 1 saturated heterocycles. The number of nitrogens with zero attached hydrogens (tertiary/aromatic N) is 1. The Hall–Kier alpha value is -2.69. The highest BCUT2D eigenvalue weighted by atomic mass is 32.2. The van der Waals surface area contributed by atoms with E-state index in [1.54, 1.807) is 12.1 Å². The molecule has 3 atom stereocenters. The SMILES string of the molecule is CCN1CCC(OCc2cc(F)ccc2S(=O)(=O)Nc2ccc3c(c2C(=O)OC)OC[C@@H]2CC32)C1. The number of likely N-dealkylation sites (N-methyl/N-ethyl adjacent to an activating group) is 1. The smallest absolute Gasteiger partial charge is 0.343 e. The fourth-order valence-electron chi connectivity index (χ4n) is 4.99. The number of halogens is 1. The minimum atomic E-state index is -4.19. The third kappa shape index (κ3) is 4.74. The van der Waals surface area contributed by atoms with E-state index in [2.05, 4.69) is 16.5 Å². The Morgan fingerprint density at radius 2 is 2.11 bits per heavy atom. The van der Waals surface area contributed by atoms with E-state index >= 15 is 0 Å². The topological polar surface area (TPSA) is 94.2 Å². The molecule has 35 heavy (non-hydrogen) atoms. The molecule has 2 aliphatic heterocycles. The number of sulfonamides is 1. The number of esters is 1. The van der Waals surface area contributed by atoms with Gasteiger partial charge >= 0.3 is 5.97 Å². The molecule has 10 heteroatoms. The van der Waals surface area contributed by atoms with Crippen LogP contribution in [-0.4, -0.2) is 58.7 Å². The molecule has 2 heterocycles. The lowest BCUT2D eigenvalue weighted by Crippen LogP contribution is -2.23. The van der Waals surface area contributed by atoms with E-state index in [0.717, 1.165) is 44.1 Å². The molecule has 8 nitrogen and oxygen atoms in total. The number of hydrogen-bond acceptors (Lipinski definition) is 7. The summed E-state index contributed by atoms with van der Waals surface area (Å²) in [6.45, 7) is 5.09. The maximum atomic E-state index is 14.1. The highest BCUT2D eigenvalue weighted by Crippen LogP contribution is 2.55. The average Bonchev–Trinajstić information content (AvgIpc) is 3.50. The zero-order chi connectivity index (χ0) is 24.7. The second-order valence-electron chi connectivity index (χ2n) is 9.28. The van der Waals surface area contributed by atoms with Gasteiger partial charge in [0.15, 0.2) is 0 Å². The van der Waals surface area contributed by atoms with Crippen LogP contribution in [0.25, 0.3) is 0 Å². The van der Waals surface area contributed by atoms with E-state index in [9.17, 15) is 17.6 Å². The molecule has 1 saturated carbocycles. The molecule has 0 amide bonds. The number of fused-ring (bicyclic) bond motifs is 3. The van der Waals surface area contributed by atoms with E-state index in [4.69, 9.17) is 14.2 Å². The molecule has 1 aliphatic carbocycles. The lowest BCUT2D eigenvalue weighted by Gasteiger charge is -2.22. The summed E-state index contributed by atoms with van der Waals surface area (Å²) in [7, 11) is -2.95. The molecule has 1 N–H and O–H groups in total. The van der Waals surface area contributed by atoms with Crippen molar-refractivity contribution in [3.8, 4) is 5.75 Å². The number of carbonyl (C=O) groups excluding carboxylic acids is 1. The Kier molecular flexibility index (Phi) is 6.45. The Balaban J connectivity index is 1.43. The van der Waals surface area contributed by atoms with Crippen molar-refractivity contribution in [2.24, 2.45) is 5.92 Å². The zero-order valence-corrected chi connectivity index (χ0v) is 20.6. The summed E-state index contributed by atoms with van der Waals surface area (Å²) in [4.78, 5) is 14.8. The molecule has 3 aliphatic rings. The van der Waals surface area contributed by atoms with Crippen molar-refractivity contribution in [3.05, 3.63) is 52.8 Å². The Labute approximate surface area is 204 Å². The molecular formula is C25H29FN2O6S. The van der Waals surface area contributed by atoms with Crippen molar-refractivity contribution in [1.82, 2.24) is 4.90 Å². The number of nitrogens with one attached hydrogen (secondary N) is 1. The number of likely N-dealkylation sites (tertiary alicyclic amines) is 1. The first-order chi connectivity index (χ1) is 16.8. The van der Waals surface area contributed by atoms with Gasteiger partial charge in [0.2, 0.25) is 0 Å². The van der Waals surface area contributed by atoms with Crippen LogP contribution in [0.3, 0.4) is 0 Å². The Morgan fingerprint density at radius 3 is 2.86 bits per heavy atom. The first-order valence-corrected chi connectivity index (χ1v) is 13.3. The molecule has 2 fully saturated rings. The number of ether oxygens (including phenoxy) is 3. The van der Waals surface area contributed by atoms with Gasteiger partial charge in [-0.3, -0.25) is 4.72 Å². The van der Waals surface area contributed by atoms with Gasteiger partial charge in [0.05, 0.1) is 37.0 Å². The monoisotopic (exact) mass is 504 g/mol. The molecule has 0 bridgehead atoms. The normalized spacial score (nSPS) is 23.2. The van der Waals surface area contributed by atoms with Crippen molar-refractivity contribution in [3.63, 3.8) is 0 Å². The molecule has 2 aromatic carbocycles. The van der Waals surface area contributed by atoms with Gasteiger partial charge in [-0.1, -0.05) is 13.0 Å². The number of anilines is 1. The summed E-state index contributed by atoms with van der Waals surface area (Å²) in [5.41, 5.74) is 1.20. The number of benzene rings is 2. The minimum absolute atomic E-state index is 0.0447.